The van der Waals surface area contributed by atoms with Crippen LogP contribution in [0.4, 0.5) is 0 Å². The summed E-state index contributed by atoms with van der Waals surface area (Å²) in [6, 6.07) is 0. The number of nitrogens with one attached hydrogen (secondary N) is 1. The van der Waals surface area contributed by atoms with Crippen LogP contribution >= 0.6 is 0 Å². The summed E-state index contributed by atoms with van der Waals surface area (Å²) in [7, 11) is 0. The van der Waals surface area contributed by atoms with Crippen molar-refractivity contribution in [1.29, 1.82) is 0 Å². The number of rotatable bonds is 3. The van der Waals surface area contributed by atoms with Crippen molar-refractivity contribution in [1.82, 2.24) is 15.2 Å². The Morgan fingerprint density at radius 1 is 1.41 bits per heavy atom. The maximum atomic E-state index is 10.6. The van der Waals surface area contributed by atoms with Crippen molar-refractivity contribution in [3.05, 3.63) is 11.6 Å². The lowest BCUT2D eigenvalue weighted by Crippen LogP contribution is -2.32. The summed E-state index contributed by atoms with van der Waals surface area (Å²) in [6.45, 7) is -0.464. The first-order chi connectivity index (χ1) is 8.04. The lowest BCUT2D eigenvalue weighted by molar-refractivity contribution is -0.0252. The Kier molecular flexibility index (Phi) is 3.07. The fourth-order valence-corrected chi connectivity index (χ4v) is 1.62. The van der Waals surface area contributed by atoms with Gasteiger partial charge in [-0.25, -0.2) is 9.78 Å². The zero-order chi connectivity index (χ0) is 12.6. The molecule has 0 saturated carbocycles. The molecule has 5 N–H and O–H groups in total. The van der Waals surface area contributed by atoms with Crippen LogP contribution in [-0.2, 0) is 4.74 Å². The van der Waals surface area contributed by atoms with Crippen LogP contribution < -0.4 is 0 Å². The average Bonchev–Trinajstić information content (AvgIpc) is 2.87. The van der Waals surface area contributed by atoms with Gasteiger partial charge in [0.25, 0.3) is 5.82 Å². The van der Waals surface area contributed by atoms with E-state index in [1.807, 2.05) is 0 Å². The first-order valence-corrected chi connectivity index (χ1v) is 4.82. The molecular weight excluding hydrogens is 234 g/mol. The van der Waals surface area contributed by atoms with Gasteiger partial charge in [-0.3, -0.25) is 5.10 Å². The monoisotopic (exact) mass is 245 g/mol. The molecule has 0 aliphatic carbocycles. The van der Waals surface area contributed by atoms with Gasteiger partial charge >= 0.3 is 5.97 Å². The number of hydrogen-bond donors (Lipinski definition) is 5. The number of H-pyrrole nitrogens is 1. The number of carboxylic acid groups (broad SMARTS) is 1. The summed E-state index contributed by atoms with van der Waals surface area (Å²) in [5, 5.41) is 42.3. The van der Waals surface area contributed by atoms with Crippen LogP contribution in [0.3, 0.4) is 0 Å². The molecule has 1 aromatic heterocycles. The largest absolute Gasteiger partial charge is 0.475 e. The Morgan fingerprint density at radius 3 is 2.59 bits per heavy atom. The number of carboxylic acids is 1. The maximum Gasteiger partial charge on any atom is 0.375 e. The molecule has 9 nitrogen and oxygen atoms in total. The highest BCUT2D eigenvalue weighted by molar-refractivity contribution is 5.82. The molecule has 1 saturated heterocycles. The second-order valence-corrected chi connectivity index (χ2v) is 3.61. The van der Waals surface area contributed by atoms with Gasteiger partial charge in [0.1, 0.15) is 24.4 Å². The number of aromatic amines is 1. The van der Waals surface area contributed by atoms with Crippen molar-refractivity contribution in [3.8, 4) is 0 Å². The van der Waals surface area contributed by atoms with Crippen LogP contribution in [0.15, 0.2) is 0 Å². The van der Waals surface area contributed by atoms with Gasteiger partial charge in [-0.2, -0.15) is 0 Å². The molecule has 1 fully saturated rings. The van der Waals surface area contributed by atoms with E-state index in [1.54, 1.807) is 0 Å². The summed E-state index contributed by atoms with van der Waals surface area (Å²) in [6.07, 6.45) is -4.54. The van der Waals surface area contributed by atoms with E-state index in [9.17, 15) is 15.0 Å². The molecule has 1 aliphatic heterocycles. The van der Waals surface area contributed by atoms with Crippen LogP contribution in [0.1, 0.15) is 22.5 Å². The highest BCUT2D eigenvalue weighted by Crippen LogP contribution is 2.31. The number of aliphatic hydroxyl groups excluding tert-OH is 3. The maximum absolute atomic E-state index is 10.6. The molecule has 4 atom stereocenters. The average molecular weight is 245 g/mol. The highest BCUT2D eigenvalue weighted by atomic mass is 16.6. The molecule has 2 rings (SSSR count). The summed E-state index contributed by atoms with van der Waals surface area (Å²) < 4.78 is 5.14. The highest BCUT2D eigenvalue weighted by Gasteiger charge is 2.44. The molecular formula is C8H11N3O6. The first-order valence-electron chi connectivity index (χ1n) is 4.82. The van der Waals surface area contributed by atoms with Gasteiger partial charge in [0.2, 0.25) is 0 Å². The SMILES string of the molecule is O=C(O)c1n[nH]c(C2O[C@H](CO)[C@@H](O)[C@H]2O)n1. The third kappa shape index (κ3) is 2.00. The second kappa shape index (κ2) is 4.37. The molecule has 0 amide bonds. The number of aromatic nitrogens is 3. The van der Waals surface area contributed by atoms with Crippen LogP contribution in [0.25, 0.3) is 0 Å². The number of nitrogens with zero attached hydrogens (tertiary/aromatic N) is 2. The summed E-state index contributed by atoms with van der Waals surface area (Å²) >= 11 is 0. The zero-order valence-corrected chi connectivity index (χ0v) is 8.52. The van der Waals surface area contributed by atoms with Crippen molar-refractivity contribution < 1.29 is 30.0 Å². The van der Waals surface area contributed by atoms with Crippen molar-refractivity contribution in [2.45, 2.75) is 24.4 Å². The van der Waals surface area contributed by atoms with Crippen LogP contribution in [0.2, 0.25) is 0 Å². The Balaban J connectivity index is 2.19. The molecule has 0 bridgehead atoms. The Morgan fingerprint density at radius 2 is 2.12 bits per heavy atom. The van der Waals surface area contributed by atoms with Crippen LogP contribution in [0, 0.1) is 0 Å². The Labute approximate surface area is 94.7 Å². The predicted octanol–water partition coefficient (Wildman–Crippen LogP) is -2.34. The fraction of sp³-hybridized carbons (Fsp3) is 0.625. The number of aromatic carboxylic acids is 1. The van der Waals surface area contributed by atoms with E-state index in [2.05, 4.69) is 15.2 Å². The Hall–Kier alpha value is -1.55. The fourth-order valence-electron chi connectivity index (χ4n) is 1.62. The molecule has 0 spiro atoms. The van der Waals surface area contributed by atoms with Gasteiger partial charge in [-0.15, -0.1) is 5.10 Å². The quantitative estimate of drug-likeness (QED) is 0.397. The molecule has 9 heteroatoms. The standard InChI is InChI=1S/C8H11N3O6/c12-1-2-3(13)4(14)5(17-2)6-9-7(8(15)16)11-10-6/h2-5,12-14H,1H2,(H,15,16)(H,9,10,11)/t2-,3-,4-,5?/m1/s1. The van der Waals surface area contributed by atoms with E-state index in [-0.39, 0.29) is 5.82 Å². The summed E-state index contributed by atoms with van der Waals surface area (Å²) in [5.41, 5.74) is 0. The topological polar surface area (TPSA) is 149 Å². The van der Waals surface area contributed by atoms with Crippen molar-refractivity contribution in [2.75, 3.05) is 6.61 Å². The smallest absolute Gasteiger partial charge is 0.375 e. The van der Waals surface area contributed by atoms with Gasteiger partial charge in [0, 0.05) is 0 Å². The van der Waals surface area contributed by atoms with E-state index in [1.165, 1.54) is 0 Å². The molecule has 0 radical (unpaired) electrons. The minimum atomic E-state index is -1.32. The normalized spacial score (nSPS) is 32.9. The van der Waals surface area contributed by atoms with Crippen molar-refractivity contribution in [2.24, 2.45) is 0 Å². The summed E-state index contributed by atoms with van der Waals surface area (Å²) in [5.74, 6) is -1.79. The van der Waals surface area contributed by atoms with Gasteiger partial charge in [0.05, 0.1) is 6.61 Å². The molecule has 2 heterocycles. The van der Waals surface area contributed by atoms with Crippen molar-refractivity contribution >= 4 is 5.97 Å². The van der Waals surface area contributed by atoms with Crippen molar-refractivity contribution in [3.63, 3.8) is 0 Å². The number of aliphatic hydroxyl groups is 3. The minimum Gasteiger partial charge on any atom is -0.475 e. The van der Waals surface area contributed by atoms with E-state index in [0.29, 0.717) is 0 Å². The van der Waals surface area contributed by atoms with E-state index in [0.717, 1.165) is 0 Å². The molecule has 1 unspecified atom stereocenters. The second-order valence-electron chi connectivity index (χ2n) is 3.61. The summed E-state index contributed by atoms with van der Waals surface area (Å²) in [4.78, 5) is 14.2. The molecule has 1 aromatic rings. The van der Waals surface area contributed by atoms with Crippen LogP contribution in [-0.4, -0.2) is 66.5 Å². The molecule has 0 aromatic carbocycles. The van der Waals surface area contributed by atoms with Gasteiger partial charge in [-0.05, 0) is 0 Å². The lowest BCUT2D eigenvalue weighted by Gasteiger charge is -2.10. The van der Waals surface area contributed by atoms with E-state index in [4.69, 9.17) is 14.9 Å². The lowest BCUT2D eigenvalue weighted by atomic mass is 10.1. The number of carbonyl (C=O) groups is 1. The number of ether oxygens (including phenoxy) is 1. The predicted molar refractivity (Wildman–Crippen MR) is 50.1 cm³/mol. The Bertz CT molecular complexity index is 421. The molecule has 1 aliphatic rings. The third-order valence-electron chi connectivity index (χ3n) is 2.51. The van der Waals surface area contributed by atoms with Gasteiger partial charge < -0.3 is 25.2 Å². The van der Waals surface area contributed by atoms with E-state index < -0.39 is 42.8 Å². The molecule has 17 heavy (non-hydrogen) atoms. The first kappa shape index (κ1) is 11.9. The third-order valence-corrected chi connectivity index (χ3v) is 2.51. The zero-order valence-electron chi connectivity index (χ0n) is 8.52. The van der Waals surface area contributed by atoms with Gasteiger partial charge in [-0.1, -0.05) is 0 Å². The molecule has 94 valence electrons. The van der Waals surface area contributed by atoms with Crippen LogP contribution in [0.5, 0.6) is 0 Å². The number of hydrogen-bond acceptors (Lipinski definition) is 7. The minimum absolute atomic E-state index is 0.00935. The van der Waals surface area contributed by atoms with E-state index >= 15 is 0 Å². The van der Waals surface area contributed by atoms with Gasteiger partial charge in [0.15, 0.2) is 5.82 Å².